The monoisotopic (exact) mass is 386 g/mol. The number of thiophene rings is 1. The molecule has 2 aromatic rings. The zero-order chi connectivity index (χ0) is 15.2. The van der Waals surface area contributed by atoms with Gasteiger partial charge in [0.25, 0.3) is 0 Å². The van der Waals surface area contributed by atoms with Crippen molar-refractivity contribution in [1.82, 2.24) is 15.2 Å². The Labute approximate surface area is 142 Å². The van der Waals surface area contributed by atoms with Crippen LogP contribution in [0.15, 0.2) is 27.1 Å². The Morgan fingerprint density at radius 3 is 2.81 bits per heavy atom. The maximum Gasteiger partial charge on any atom is 0.193 e. The molecule has 4 nitrogen and oxygen atoms in total. The summed E-state index contributed by atoms with van der Waals surface area (Å²) in [5.41, 5.74) is 0. The molecular formula is C14H19BrN4S2. The molecule has 21 heavy (non-hydrogen) atoms. The molecule has 114 valence electrons. The summed E-state index contributed by atoms with van der Waals surface area (Å²) in [5.74, 6) is 0.910. The first-order valence-electron chi connectivity index (χ1n) is 6.66. The fourth-order valence-electron chi connectivity index (χ4n) is 1.93. The number of rotatable bonds is 5. The van der Waals surface area contributed by atoms with Gasteiger partial charge in [0.15, 0.2) is 5.96 Å². The van der Waals surface area contributed by atoms with E-state index in [1.165, 1.54) is 14.8 Å². The first kappa shape index (κ1) is 16.5. The predicted octanol–water partition coefficient (Wildman–Crippen LogP) is 3.53. The third-order valence-electron chi connectivity index (χ3n) is 2.89. The van der Waals surface area contributed by atoms with E-state index in [0.717, 1.165) is 29.3 Å². The molecule has 0 saturated heterocycles. The number of aliphatic imine (C=N–C) groups is 1. The third kappa shape index (κ3) is 5.09. The maximum absolute atomic E-state index is 4.38. The lowest BCUT2D eigenvalue weighted by Crippen LogP contribution is -2.39. The second-order valence-corrected chi connectivity index (χ2v) is 8.52. The fourth-order valence-corrected chi connectivity index (χ4v) is 4.25. The zero-order valence-electron chi connectivity index (χ0n) is 12.4. The maximum atomic E-state index is 4.38. The van der Waals surface area contributed by atoms with E-state index in [9.17, 15) is 0 Å². The minimum absolute atomic E-state index is 0.845. The van der Waals surface area contributed by atoms with E-state index in [1.54, 1.807) is 22.7 Å². The average molecular weight is 387 g/mol. The Morgan fingerprint density at radius 1 is 1.43 bits per heavy atom. The van der Waals surface area contributed by atoms with Gasteiger partial charge in [0.1, 0.15) is 0 Å². The van der Waals surface area contributed by atoms with Crippen LogP contribution in [0.1, 0.15) is 14.8 Å². The van der Waals surface area contributed by atoms with Crippen molar-refractivity contribution in [2.45, 2.75) is 19.9 Å². The highest BCUT2D eigenvalue weighted by Gasteiger charge is 2.08. The van der Waals surface area contributed by atoms with Crippen molar-refractivity contribution in [3.05, 3.63) is 36.9 Å². The number of aromatic nitrogens is 1. The van der Waals surface area contributed by atoms with Gasteiger partial charge in [-0.25, -0.2) is 4.98 Å². The molecule has 0 aliphatic rings. The number of hydrogen-bond donors (Lipinski definition) is 1. The highest BCUT2D eigenvalue weighted by Crippen LogP contribution is 2.22. The van der Waals surface area contributed by atoms with Gasteiger partial charge < -0.3 is 10.2 Å². The van der Waals surface area contributed by atoms with E-state index in [1.807, 2.05) is 13.2 Å². The van der Waals surface area contributed by atoms with Crippen molar-refractivity contribution in [1.29, 1.82) is 0 Å². The number of hydrogen-bond acceptors (Lipinski definition) is 4. The normalized spacial score (nSPS) is 11.7. The molecule has 0 amide bonds. The van der Waals surface area contributed by atoms with Crippen LogP contribution < -0.4 is 5.32 Å². The van der Waals surface area contributed by atoms with Gasteiger partial charge in [-0.1, -0.05) is 0 Å². The Kier molecular flexibility index (Phi) is 6.20. The lowest BCUT2D eigenvalue weighted by atomic mass is 10.4. The molecule has 0 aromatic carbocycles. The van der Waals surface area contributed by atoms with Crippen molar-refractivity contribution >= 4 is 44.6 Å². The molecule has 2 heterocycles. The Balaban J connectivity index is 1.82. The van der Waals surface area contributed by atoms with Gasteiger partial charge in [-0.2, -0.15) is 0 Å². The topological polar surface area (TPSA) is 40.5 Å². The van der Waals surface area contributed by atoms with Crippen molar-refractivity contribution in [2.24, 2.45) is 4.99 Å². The van der Waals surface area contributed by atoms with Crippen LogP contribution in [0.5, 0.6) is 0 Å². The van der Waals surface area contributed by atoms with Crippen molar-refractivity contribution in [3.8, 4) is 0 Å². The standard InChI is InChI=1S/C14H19BrN4S2/c1-10-8-18-13(20-10)6-7-17-14(16-2)19(3)9-11-4-5-12(15)21-11/h4-5,8H,6-7,9H2,1-3H3,(H,16,17). The van der Waals surface area contributed by atoms with Crippen LogP contribution in [-0.4, -0.2) is 36.5 Å². The van der Waals surface area contributed by atoms with Gasteiger partial charge in [-0.15, -0.1) is 22.7 Å². The highest BCUT2D eigenvalue weighted by atomic mass is 79.9. The summed E-state index contributed by atoms with van der Waals surface area (Å²) < 4.78 is 1.16. The van der Waals surface area contributed by atoms with E-state index in [2.05, 4.69) is 62.2 Å². The molecule has 2 aromatic heterocycles. The van der Waals surface area contributed by atoms with Gasteiger partial charge in [0.2, 0.25) is 0 Å². The molecule has 0 aliphatic heterocycles. The molecule has 0 fully saturated rings. The summed E-state index contributed by atoms with van der Waals surface area (Å²) in [6.07, 6.45) is 2.85. The Morgan fingerprint density at radius 2 is 2.24 bits per heavy atom. The van der Waals surface area contributed by atoms with Crippen LogP contribution in [0, 0.1) is 6.92 Å². The number of guanidine groups is 1. The van der Waals surface area contributed by atoms with Gasteiger partial charge in [0.05, 0.1) is 15.3 Å². The van der Waals surface area contributed by atoms with Gasteiger partial charge in [-0.3, -0.25) is 4.99 Å². The highest BCUT2D eigenvalue weighted by molar-refractivity contribution is 9.11. The molecule has 0 atom stereocenters. The number of halogens is 1. The zero-order valence-corrected chi connectivity index (χ0v) is 15.6. The Bertz CT molecular complexity index is 606. The number of nitrogens with zero attached hydrogens (tertiary/aromatic N) is 3. The molecule has 1 N–H and O–H groups in total. The molecule has 7 heteroatoms. The summed E-state index contributed by atoms with van der Waals surface area (Å²) >= 11 is 7.00. The fraction of sp³-hybridized carbons (Fsp3) is 0.429. The lowest BCUT2D eigenvalue weighted by molar-refractivity contribution is 0.482. The van der Waals surface area contributed by atoms with Crippen LogP contribution in [0.25, 0.3) is 0 Å². The minimum atomic E-state index is 0.845. The van der Waals surface area contributed by atoms with E-state index in [4.69, 9.17) is 0 Å². The van der Waals surface area contributed by atoms with Crippen molar-refractivity contribution in [2.75, 3.05) is 20.6 Å². The van der Waals surface area contributed by atoms with E-state index in [0.29, 0.717) is 0 Å². The number of aryl methyl sites for hydroxylation is 1. The molecule has 0 bridgehead atoms. The number of thiazole rings is 1. The summed E-state index contributed by atoms with van der Waals surface area (Å²) in [6, 6.07) is 4.21. The van der Waals surface area contributed by atoms with E-state index < -0.39 is 0 Å². The van der Waals surface area contributed by atoms with Crippen molar-refractivity contribution in [3.63, 3.8) is 0 Å². The molecule has 0 unspecified atom stereocenters. The van der Waals surface area contributed by atoms with E-state index >= 15 is 0 Å². The average Bonchev–Trinajstić information content (AvgIpc) is 3.03. The largest absolute Gasteiger partial charge is 0.356 e. The molecule has 0 spiro atoms. The second-order valence-electron chi connectivity index (χ2n) is 4.65. The molecule has 0 radical (unpaired) electrons. The summed E-state index contributed by atoms with van der Waals surface area (Å²) in [4.78, 5) is 13.4. The molecular weight excluding hydrogens is 368 g/mol. The van der Waals surface area contributed by atoms with Gasteiger partial charge in [0, 0.05) is 43.0 Å². The first-order chi connectivity index (χ1) is 10.1. The quantitative estimate of drug-likeness (QED) is 0.630. The van der Waals surface area contributed by atoms with E-state index in [-0.39, 0.29) is 0 Å². The van der Waals surface area contributed by atoms with Crippen LogP contribution in [0.3, 0.4) is 0 Å². The van der Waals surface area contributed by atoms with Crippen molar-refractivity contribution < 1.29 is 0 Å². The summed E-state index contributed by atoms with van der Waals surface area (Å²) in [5, 5.41) is 4.56. The first-order valence-corrected chi connectivity index (χ1v) is 9.08. The second kappa shape index (κ2) is 7.91. The summed E-state index contributed by atoms with van der Waals surface area (Å²) in [7, 11) is 3.87. The molecule has 0 aliphatic carbocycles. The Hall–Kier alpha value is -0.920. The molecule has 0 saturated carbocycles. The smallest absolute Gasteiger partial charge is 0.193 e. The SMILES string of the molecule is CN=C(NCCc1ncc(C)s1)N(C)Cc1ccc(Br)s1. The van der Waals surface area contributed by atoms with Crippen LogP contribution in [0.2, 0.25) is 0 Å². The van der Waals surface area contributed by atoms with Crippen LogP contribution in [-0.2, 0) is 13.0 Å². The third-order valence-corrected chi connectivity index (χ3v) is 5.47. The van der Waals surface area contributed by atoms with Crippen LogP contribution in [0.4, 0.5) is 0 Å². The summed E-state index contributed by atoms with van der Waals surface area (Å²) in [6.45, 7) is 3.78. The predicted molar refractivity (Wildman–Crippen MR) is 95.4 cm³/mol. The lowest BCUT2D eigenvalue weighted by Gasteiger charge is -2.21. The van der Waals surface area contributed by atoms with Gasteiger partial charge >= 0.3 is 0 Å². The molecule has 2 rings (SSSR count). The minimum Gasteiger partial charge on any atom is -0.356 e. The number of nitrogens with one attached hydrogen (secondary N) is 1. The van der Waals surface area contributed by atoms with Gasteiger partial charge in [-0.05, 0) is 35.0 Å². The van der Waals surface area contributed by atoms with Crippen LogP contribution >= 0.6 is 38.6 Å².